The van der Waals surface area contributed by atoms with Gasteiger partial charge >= 0.3 is 11.8 Å². The van der Waals surface area contributed by atoms with Gasteiger partial charge in [0.15, 0.2) is 11.5 Å². The lowest BCUT2D eigenvalue weighted by molar-refractivity contribution is 0.0192. The van der Waals surface area contributed by atoms with Crippen LogP contribution in [0.25, 0.3) is 34.1 Å². The Morgan fingerprint density at radius 2 is 1.87 bits per heavy atom. The van der Waals surface area contributed by atoms with Gasteiger partial charge in [0.05, 0.1) is 19.5 Å². The number of ether oxygens (including phenoxy) is 1. The largest absolute Gasteiger partial charge is 0.444 e. The Kier molecular flexibility index (Phi) is 7.07. The second-order valence-electron chi connectivity index (χ2n) is 12.8. The molecule has 242 valence electrons. The van der Waals surface area contributed by atoms with Crippen molar-refractivity contribution in [2.75, 3.05) is 18.0 Å². The molecule has 11 heteroatoms. The van der Waals surface area contributed by atoms with E-state index in [4.69, 9.17) is 11.6 Å². The summed E-state index contributed by atoms with van der Waals surface area (Å²) in [5.74, 6) is -2.25. The average molecular weight is 636 g/mol. The number of benzene rings is 1. The molecule has 9 nitrogen and oxygen atoms in total. The zero-order chi connectivity index (χ0) is 37.7. The first kappa shape index (κ1) is 26.5. The van der Waals surface area contributed by atoms with Crippen LogP contribution in [-0.4, -0.2) is 61.3 Å². The normalized spacial score (nSPS) is 18.9. The number of pyridine rings is 2. The molecule has 2 atom stereocenters. The van der Waals surface area contributed by atoms with Gasteiger partial charge in [0, 0.05) is 41.0 Å². The lowest BCUT2D eigenvalue weighted by atomic mass is 10.0. The van der Waals surface area contributed by atoms with Crippen LogP contribution in [0.4, 0.5) is 19.4 Å². The smallest absolute Gasteiger partial charge is 0.410 e. The maximum atomic E-state index is 16.4. The van der Waals surface area contributed by atoms with Gasteiger partial charge in [-0.2, -0.15) is 4.98 Å². The van der Waals surface area contributed by atoms with Crippen LogP contribution in [0.2, 0.25) is 0 Å². The van der Waals surface area contributed by atoms with Gasteiger partial charge in [-0.15, -0.1) is 0 Å². The standard InChI is InChI=1S/C35H40F2N6O3/c1-10-23-12-11-13-25(36)27(23)29-26(37)16-24-31(39-29)43(30-20(4)14-15-38-28(30)19(2)3)33(44)40-32(24)42-21(5)17-41(18-22(42)6)34(45)46-35(7,8)9/h10-16,19,21-22H,1,17-18H2,2-9H3/t21-,22-/m0/s1/i1D2,4D3. The molecule has 46 heavy (non-hydrogen) atoms. The second kappa shape index (κ2) is 12.3. The summed E-state index contributed by atoms with van der Waals surface area (Å²) in [6.45, 7) is 9.42. The SMILES string of the molecule is [2H]C([2H])=Cc1cccc(F)c1-c1nc2c(cc1F)c(N1[C@@H](C)CN(C(=O)OC(C)(C)C)C[C@@H]1C)nc(=O)n2-c1c(C([2H])([2H])[2H])ccnc1C(C)C. The summed E-state index contributed by atoms with van der Waals surface area (Å²) in [5.41, 5.74) is -2.85. The molecule has 4 aromatic rings. The first-order valence-electron chi connectivity index (χ1n) is 17.5. The number of fused-ring (bicyclic) bond motifs is 1. The molecule has 1 aliphatic heterocycles. The minimum atomic E-state index is -2.72. The number of nitrogens with zero attached hydrogens (tertiary/aromatic N) is 6. The molecule has 0 unspecified atom stereocenters. The van der Waals surface area contributed by atoms with Crippen molar-refractivity contribution in [1.82, 2.24) is 24.4 Å². The van der Waals surface area contributed by atoms with Crippen molar-refractivity contribution in [3.05, 3.63) is 82.0 Å². The van der Waals surface area contributed by atoms with Crippen LogP contribution in [0.1, 0.15) is 78.1 Å². The summed E-state index contributed by atoms with van der Waals surface area (Å²) in [5, 5.41) is 0.0189. The molecule has 0 spiro atoms. The zero-order valence-corrected chi connectivity index (χ0v) is 26.9. The van der Waals surface area contributed by atoms with Crippen LogP contribution in [0, 0.1) is 18.5 Å². The number of rotatable bonds is 5. The predicted molar refractivity (Wildman–Crippen MR) is 176 cm³/mol. The first-order valence-corrected chi connectivity index (χ1v) is 15.0. The molecular weight excluding hydrogens is 590 g/mol. The van der Waals surface area contributed by atoms with Gasteiger partial charge < -0.3 is 14.5 Å². The fourth-order valence-corrected chi connectivity index (χ4v) is 5.93. The van der Waals surface area contributed by atoms with Crippen LogP contribution in [0.5, 0.6) is 0 Å². The highest BCUT2D eigenvalue weighted by molar-refractivity contribution is 5.91. The van der Waals surface area contributed by atoms with E-state index >= 15 is 8.78 Å². The molecule has 4 heterocycles. The Hall–Kier alpha value is -4.67. The molecule has 0 N–H and O–H groups in total. The minimum Gasteiger partial charge on any atom is -0.444 e. The van der Waals surface area contributed by atoms with Crippen molar-refractivity contribution in [2.24, 2.45) is 0 Å². The molecule has 1 saturated heterocycles. The first-order chi connectivity index (χ1) is 23.7. The number of amides is 1. The van der Waals surface area contributed by atoms with E-state index in [1.807, 2.05) is 13.8 Å². The summed E-state index contributed by atoms with van der Waals surface area (Å²) in [6.07, 6.45) is 1.85. The third-order valence-corrected chi connectivity index (χ3v) is 7.78. The number of piperazine rings is 1. The number of aromatic nitrogens is 4. The molecule has 1 fully saturated rings. The molecule has 0 saturated carbocycles. The summed E-state index contributed by atoms with van der Waals surface area (Å²) in [7, 11) is 0. The van der Waals surface area contributed by atoms with Gasteiger partial charge in [-0.25, -0.2) is 27.9 Å². The highest BCUT2D eigenvalue weighted by Gasteiger charge is 2.36. The third kappa shape index (κ3) is 5.98. The van der Waals surface area contributed by atoms with Crippen molar-refractivity contribution < 1.29 is 25.2 Å². The van der Waals surface area contributed by atoms with E-state index < -0.39 is 60.2 Å². The third-order valence-electron chi connectivity index (χ3n) is 7.78. The van der Waals surface area contributed by atoms with E-state index in [0.29, 0.717) is 0 Å². The molecule has 0 bridgehead atoms. The van der Waals surface area contributed by atoms with Gasteiger partial charge in [-0.1, -0.05) is 38.6 Å². The number of halogens is 2. The van der Waals surface area contributed by atoms with Crippen LogP contribution in [0.3, 0.4) is 0 Å². The minimum absolute atomic E-state index is 0.00290. The zero-order valence-electron chi connectivity index (χ0n) is 31.9. The molecule has 1 aromatic carbocycles. The monoisotopic (exact) mass is 635 g/mol. The molecule has 3 aromatic heterocycles. The Labute approximate surface area is 274 Å². The highest BCUT2D eigenvalue weighted by Crippen LogP contribution is 2.36. The Balaban J connectivity index is 1.86. The lowest BCUT2D eigenvalue weighted by Crippen LogP contribution is -2.59. The van der Waals surface area contributed by atoms with Crippen molar-refractivity contribution in [3.8, 4) is 16.9 Å². The van der Waals surface area contributed by atoms with E-state index in [2.05, 4.69) is 15.0 Å². The van der Waals surface area contributed by atoms with E-state index in [0.717, 1.165) is 22.8 Å². The Morgan fingerprint density at radius 1 is 1.15 bits per heavy atom. The molecular formula is C35H40F2N6O3. The van der Waals surface area contributed by atoms with E-state index in [1.165, 1.54) is 24.4 Å². The number of aryl methyl sites for hydroxylation is 1. The van der Waals surface area contributed by atoms with Gasteiger partial charge in [0.25, 0.3) is 0 Å². The van der Waals surface area contributed by atoms with Crippen LogP contribution in [0.15, 0.2) is 47.9 Å². The van der Waals surface area contributed by atoms with Crippen LogP contribution in [-0.2, 0) is 4.74 Å². The van der Waals surface area contributed by atoms with Crippen molar-refractivity contribution in [1.29, 1.82) is 0 Å². The maximum absolute atomic E-state index is 16.4. The maximum Gasteiger partial charge on any atom is 0.410 e. The topological polar surface area (TPSA) is 93.5 Å². The van der Waals surface area contributed by atoms with E-state index in [1.54, 1.807) is 44.4 Å². The molecule has 5 rings (SSSR count). The number of anilines is 1. The Morgan fingerprint density at radius 3 is 2.50 bits per heavy atom. The molecule has 0 radical (unpaired) electrons. The highest BCUT2D eigenvalue weighted by atomic mass is 19.1. The number of hydrogen-bond donors (Lipinski definition) is 0. The fraction of sp³-hybridized carbons (Fsp3) is 0.400. The second-order valence-corrected chi connectivity index (χ2v) is 12.8. The number of carbonyl (C=O) groups is 1. The molecule has 1 aliphatic rings. The van der Waals surface area contributed by atoms with E-state index in [9.17, 15) is 9.59 Å². The number of carbonyl (C=O) groups excluding carboxylic acids is 1. The van der Waals surface area contributed by atoms with Crippen LogP contribution >= 0.6 is 0 Å². The number of hydrogen-bond acceptors (Lipinski definition) is 7. The van der Waals surface area contributed by atoms with Gasteiger partial charge in [-0.05, 0) is 76.7 Å². The van der Waals surface area contributed by atoms with E-state index in [-0.39, 0.29) is 63.9 Å². The fourth-order valence-electron chi connectivity index (χ4n) is 5.93. The van der Waals surface area contributed by atoms with Crippen LogP contribution < -0.4 is 10.6 Å². The predicted octanol–water partition coefficient (Wildman–Crippen LogP) is 7.03. The van der Waals surface area contributed by atoms with Gasteiger partial charge in [0.1, 0.15) is 22.9 Å². The lowest BCUT2D eigenvalue weighted by Gasteiger charge is -2.45. The van der Waals surface area contributed by atoms with Crippen molar-refractivity contribution in [3.63, 3.8) is 0 Å². The average Bonchev–Trinajstić information content (AvgIpc) is 2.99. The Bertz CT molecular complexity index is 2080. The van der Waals surface area contributed by atoms with Crippen molar-refractivity contribution in [2.45, 2.75) is 78.9 Å². The quantitative estimate of drug-likeness (QED) is 0.233. The van der Waals surface area contributed by atoms with Crippen molar-refractivity contribution >= 4 is 29.0 Å². The molecule has 1 amide bonds. The summed E-state index contributed by atoms with van der Waals surface area (Å²) in [6, 6.07) is 5.23. The molecule has 0 aliphatic carbocycles. The summed E-state index contributed by atoms with van der Waals surface area (Å²) < 4.78 is 78.8. The summed E-state index contributed by atoms with van der Waals surface area (Å²) >= 11 is 0. The van der Waals surface area contributed by atoms with Gasteiger partial charge in [-0.3, -0.25) is 4.98 Å². The van der Waals surface area contributed by atoms with Gasteiger partial charge in [0.2, 0.25) is 0 Å². The summed E-state index contributed by atoms with van der Waals surface area (Å²) in [4.78, 5) is 44.1.